The van der Waals surface area contributed by atoms with Crippen molar-refractivity contribution in [3.05, 3.63) is 21.6 Å². The molecule has 0 bridgehead atoms. The molecule has 1 N–H and O–H groups in total. The molecule has 5 nitrogen and oxygen atoms in total. The summed E-state index contributed by atoms with van der Waals surface area (Å²) < 4.78 is 32.8. The lowest BCUT2D eigenvalue weighted by Gasteiger charge is -2.25. The molecule has 2 rings (SSSR count). The number of aliphatic hydroxyl groups excluding tert-OH is 1. The van der Waals surface area contributed by atoms with Gasteiger partial charge in [-0.2, -0.15) is 4.31 Å². The van der Waals surface area contributed by atoms with E-state index in [9.17, 15) is 13.5 Å². The summed E-state index contributed by atoms with van der Waals surface area (Å²) in [5, 5.41) is 9.78. The monoisotopic (exact) mass is 397 g/mol. The molecule has 0 saturated carbocycles. The predicted octanol–water partition coefficient (Wildman–Crippen LogP) is 2.50. The molecule has 2 unspecified atom stereocenters. The van der Waals surface area contributed by atoms with Gasteiger partial charge in [-0.25, -0.2) is 8.42 Å². The summed E-state index contributed by atoms with van der Waals surface area (Å²) in [4.78, 5) is 0.0110. The molecule has 0 amide bonds. The minimum atomic E-state index is -3.79. The highest BCUT2D eigenvalue weighted by Crippen LogP contribution is 2.39. The average Bonchev–Trinajstić information content (AvgIpc) is 2.79. The van der Waals surface area contributed by atoms with E-state index in [-0.39, 0.29) is 23.2 Å². The highest BCUT2D eigenvalue weighted by atomic mass is 79.9. The molecular weight excluding hydrogens is 382 g/mol. The van der Waals surface area contributed by atoms with Crippen molar-refractivity contribution in [1.82, 2.24) is 4.31 Å². The van der Waals surface area contributed by atoms with Gasteiger partial charge in [-0.3, -0.25) is 0 Å². The summed E-state index contributed by atoms with van der Waals surface area (Å²) >= 11 is 9.23. The van der Waals surface area contributed by atoms with Crippen LogP contribution in [-0.4, -0.2) is 44.1 Å². The highest BCUT2D eigenvalue weighted by molar-refractivity contribution is 9.10. The second-order valence-electron chi connectivity index (χ2n) is 5.05. The van der Waals surface area contributed by atoms with E-state index >= 15 is 0 Å². The molecule has 0 radical (unpaired) electrons. The fourth-order valence-corrected chi connectivity index (χ4v) is 5.70. The summed E-state index contributed by atoms with van der Waals surface area (Å²) in [6, 6.07) is 2.53. The van der Waals surface area contributed by atoms with E-state index in [0.29, 0.717) is 22.5 Å². The van der Waals surface area contributed by atoms with E-state index in [1.54, 1.807) is 6.07 Å². The first-order chi connectivity index (χ1) is 9.82. The molecular formula is C13H17BrClNO4S. The van der Waals surface area contributed by atoms with Crippen LogP contribution in [0.1, 0.15) is 13.3 Å². The maximum Gasteiger partial charge on any atom is 0.247 e. The average molecular weight is 399 g/mol. The number of sulfonamides is 1. The maximum atomic E-state index is 12.9. The van der Waals surface area contributed by atoms with Crippen molar-refractivity contribution < 1.29 is 18.3 Å². The lowest BCUT2D eigenvalue weighted by atomic mass is 10.0. The van der Waals surface area contributed by atoms with Gasteiger partial charge in [-0.05, 0) is 40.4 Å². The Morgan fingerprint density at radius 2 is 2.19 bits per heavy atom. The second kappa shape index (κ2) is 6.42. The Labute approximate surface area is 138 Å². The van der Waals surface area contributed by atoms with Crippen molar-refractivity contribution in [2.24, 2.45) is 5.92 Å². The van der Waals surface area contributed by atoms with E-state index < -0.39 is 16.1 Å². The maximum absolute atomic E-state index is 12.9. The van der Waals surface area contributed by atoms with Crippen LogP contribution in [0.3, 0.4) is 0 Å². The normalized spacial score (nSPS) is 23.5. The smallest absolute Gasteiger partial charge is 0.247 e. The molecule has 1 aromatic rings. The lowest BCUT2D eigenvalue weighted by Crippen LogP contribution is -2.39. The van der Waals surface area contributed by atoms with E-state index in [1.165, 1.54) is 17.5 Å². The molecule has 8 heteroatoms. The largest absolute Gasteiger partial charge is 0.494 e. The number of hydrogen-bond acceptors (Lipinski definition) is 4. The van der Waals surface area contributed by atoms with Crippen LogP contribution in [-0.2, 0) is 10.0 Å². The van der Waals surface area contributed by atoms with Gasteiger partial charge in [-0.1, -0.05) is 18.5 Å². The summed E-state index contributed by atoms with van der Waals surface area (Å²) in [5.41, 5.74) is 0. The van der Waals surface area contributed by atoms with Crippen LogP contribution in [0, 0.1) is 5.92 Å². The molecule has 1 fully saturated rings. The second-order valence-corrected chi connectivity index (χ2v) is 8.20. The first kappa shape index (κ1) is 17.0. The Morgan fingerprint density at radius 1 is 1.52 bits per heavy atom. The van der Waals surface area contributed by atoms with E-state index in [2.05, 4.69) is 15.9 Å². The summed E-state index contributed by atoms with van der Waals surface area (Å²) in [7, 11) is -2.38. The molecule has 0 spiro atoms. The number of rotatable bonds is 4. The molecule has 21 heavy (non-hydrogen) atoms. The van der Waals surface area contributed by atoms with Crippen LogP contribution < -0.4 is 4.74 Å². The van der Waals surface area contributed by atoms with E-state index in [1.807, 2.05) is 6.92 Å². The summed E-state index contributed by atoms with van der Waals surface area (Å²) in [6.07, 6.45) is 0.717. The van der Waals surface area contributed by atoms with Gasteiger partial charge in [0.1, 0.15) is 4.90 Å². The molecule has 2 atom stereocenters. The van der Waals surface area contributed by atoms with Gasteiger partial charge in [0, 0.05) is 11.6 Å². The van der Waals surface area contributed by atoms with Crippen LogP contribution in [0.15, 0.2) is 21.5 Å². The standard InChI is InChI=1S/C13H17BrClNO4S/c1-8-3-4-16(11(8)7-17)21(18,19)12-6-9(15)5-10(14)13(12)20-2/h5-6,8,11,17H,3-4,7H2,1-2H3. The molecule has 1 aliphatic heterocycles. The first-order valence-corrected chi connectivity index (χ1v) is 9.09. The first-order valence-electron chi connectivity index (χ1n) is 6.48. The molecule has 1 saturated heterocycles. The SMILES string of the molecule is COc1c(Br)cc(Cl)cc1S(=O)(=O)N1CCC(C)C1CO. The molecule has 1 aromatic carbocycles. The van der Waals surface area contributed by atoms with Gasteiger partial charge < -0.3 is 9.84 Å². The molecule has 1 aliphatic rings. The number of aliphatic hydroxyl groups is 1. The zero-order chi connectivity index (χ0) is 15.8. The van der Waals surface area contributed by atoms with Crippen LogP contribution in [0.5, 0.6) is 5.75 Å². The summed E-state index contributed by atoms with van der Waals surface area (Å²) in [5.74, 6) is 0.328. The number of nitrogens with zero attached hydrogens (tertiary/aromatic N) is 1. The minimum absolute atomic E-state index is 0.0110. The van der Waals surface area contributed by atoms with Gasteiger partial charge in [0.2, 0.25) is 10.0 Å². The van der Waals surface area contributed by atoms with Crippen LogP contribution in [0.25, 0.3) is 0 Å². The highest BCUT2D eigenvalue weighted by Gasteiger charge is 2.40. The van der Waals surface area contributed by atoms with Gasteiger partial charge in [0.25, 0.3) is 0 Å². The number of hydrogen-bond donors (Lipinski definition) is 1. The fraction of sp³-hybridized carbons (Fsp3) is 0.538. The number of benzene rings is 1. The van der Waals surface area contributed by atoms with Crippen molar-refractivity contribution in [1.29, 1.82) is 0 Å². The minimum Gasteiger partial charge on any atom is -0.494 e. The van der Waals surface area contributed by atoms with Gasteiger partial charge in [-0.15, -0.1) is 0 Å². The predicted molar refractivity (Wildman–Crippen MR) is 84.3 cm³/mol. The lowest BCUT2D eigenvalue weighted by molar-refractivity contribution is 0.191. The van der Waals surface area contributed by atoms with Crippen molar-refractivity contribution in [2.75, 3.05) is 20.3 Å². The Kier molecular flexibility index (Phi) is 5.20. The topological polar surface area (TPSA) is 66.8 Å². The van der Waals surface area contributed by atoms with E-state index in [4.69, 9.17) is 16.3 Å². The van der Waals surface area contributed by atoms with Gasteiger partial charge in [0.05, 0.1) is 24.2 Å². The Hall–Kier alpha value is -0.340. The van der Waals surface area contributed by atoms with Crippen molar-refractivity contribution in [3.63, 3.8) is 0 Å². The van der Waals surface area contributed by atoms with Crippen LogP contribution in [0.2, 0.25) is 5.02 Å². The number of ether oxygens (including phenoxy) is 1. The Morgan fingerprint density at radius 3 is 2.76 bits per heavy atom. The zero-order valence-electron chi connectivity index (χ0n) is 11.7. The fourth-order valence-electron chi connectivity index (χ4n) is 2.60. The Bertz CT molecular complexity index is 637. The van der Waals surface area contributed by atoms with E-state index in [0.717, 1.165) is 0 Å². The van der Waals surface area contributed by atoms with Gasteiger partial charge >= 0.3 is 0 Å². The zero-order valence-corrected chi connectivity index (χ0v) is 14.9. The molecule has 0 aromatic heterocycles. The molecule has 1 heterocycles. The van der Waals surface area contributed by atoms with Gasteiger partial charge in [0.15, 0.2) is 5.75 Å². The van der Waals surface area contributed by atoms with Crippen LogP contribution >= 0.6 is 27.5 Å². The van der Waals surface area contributed by atoms with Crippen molar-refractivity contribution in [3.8, 4) is 5.75 Å². The Balaban J connectivity index is 2.55. The third-order valence-electron chi connectivity index (χ3n) is 3.78. The molecule has 0 aliphatic carbocycles. The number of methoxy groups -OCH3 is 1. The van der Waals surface area contributed by atoms with Crippen LogP contribution in [0.4, 0.5) is 0 Å². The third kappa shape index (κ3) is 3.07. The third-order valence-corrected chi connectivity index (χ3v) is 6.52. The quantitative estimate of drug-likeness (QED) is 0.846. The molecule has 118 valence electrons. The number of halogens is 2. The van der Waals surface area contributed by atoms with Crippen molar-refractivity contribution in [2.45, 2.75) is 24.3 Å². The van der Waals surface area contributed by atoms with Crippen molar-refractivity contribution >= 4 is 37.6 Å². The summed E-state index contributed by atoms with van der Waals surface area (Å²) in [6.45, 7) is 2.11.